The van der Waals surface area contributed by atoms with Crippen molar-refractivity contribution in [1.82, 2.24) is 9.88 Å². The van der Waals surface area contributed by atoms with Crippen LogP contribution in [0.15, 0.2) is 24.3 Å². The zero-order valence-corrected chi connectivity index (χ0v) is 14.6. The third-order valence-corrected chi connectivity index (χ3v) is 5.07. The topological polar surface area (TPSA) is 34.0 Å². The van der Waals surface area contributed by atoms with Gasteiger partial charge in [0.25, 0.3) is 5.91 Å². The summed E-state index contributed by atoms with van der Waals surface area (Å²) in [7, 11) is 0. The molecule has 0 atom stereocenters. The Balaban J connectivity index is 1.81. The molecule has 0 spiro atoms. The molecule has 2 aromatic heterocycles. The van der Waals surface area contributed by atoms with Gasteiger partial charge in [0, 0.05) is 29.4 Å². The second kappa shape index (κ2) is 8.18. The summed E-state index contributed by atoms with van der Waals surface area (Å²) < 4.78 is 2.35. The lowest BCUT2D eigenvalue weighted by Crippen LogP contribution is -2.23. The number of hydrogen-bond acceptors (Lipinski definition) is 2. The molecule has 0 saturated heterocycles. The van der Waals surface area contributed by atoms with Crippen molar-refractivity contribution in [1.29, 1.82) is 0 Å². The van der Waals surface area contributed by atoms with Crippen LogP contribution in [-0.4, -0.2) is 17.0 Å². The number of unbranched alkanes of at least 4 members (excludes halogenated alkanes) is 1. The molecule has 0 fully saturated rings. The van der Waals surface area contributed by atoms with E-state index in [0.29, 0.717) is 0 Å². The minimum Gasteiger partial charge on any atom is -0.351 e. The highest BCUT2D eigenvalue weighted by Gasteiger charge is 2.08. The highest BCUT2D eigenvalue weighted by molar-refractivity contribution is 7.14. The normalized spacial score (nSPS) is 10.9. The van der Waals surface area contributed by atoms with E-state index >= 15 is 0 Å². The molecule has 120 valence electrons. The number of carbonyl (C=O) groups is 1. The zero-order valence-electron chi connectivity index (χ0n) is 13.8. The first kappa shape index (κ1) is 16.8. The lowest BCUT2D eigenvalue weighted by atomic mass is 10.2. The fourth-order valence-electron chi connectivity index (χ4n) is 2.56. The minimum atomic E-state index is 0.0711. The quantitative estimate of drug-likeness (QED) is 0.722. The smallest absolute Gasteiger partial charge is 0.261 e. The van der Waals surface area contributed by atoms with Crippen molar-refractivity contribution < 1.29 is 4.79 Å². The summed E-state index contributed by atoms with van der Waals surface area (Å²) >= 11 is 1.62. The molecule has 0 aliphatic rings. The average molecular weight is 318 g/mol. The van der Waals surface area contributed by atoms with Gasteiger partial charge in [-0.05, 0) is 57.4 Å². The molecular weight excluding hydrogens is 292 g/mol. The van der Waals surface area contributed by atoms with Crippen molar-refractivity contribution in [3.63, 3.8) is 0 Å². The van der Waals surface area contributed by atoms with Gasteiger partial charge in [0.15, 0.2) is 0 Å². The predicted molar refractivity (Wildman–Crippen MR) is 93.8 cm³/mol. The number of hydrogen-bond donors (Lipinski definition) is 1. The molecule has 2 aromatic rings. The maximum absolute atomic E-state index is 12.0. The maximum Gasteiger partial charge on any atom is 0.261 e. The van der Waals surface area contributed by atoms with Crippen LogP contribution in [0.3, 0.4) is 0 Å². The van der Waals surface area contributed by atoms with Crippen LogP contribution in [0.4, 0.5) is 0 Å². The summed E-state index contributed by atoms with van der Waals surface area (Å²) in [4.78, 5) is 14.1. The Morgan fingerprint density at radius 1 is 1.14 bits per heavy atom. The standard InChI is InChI=1S/C18H26N2OS/c1-4-5-12-19-18(21)17-11-10-16(22-17)7-6-13-20-14(2)8-9-15(20)3/h8-11H,4-7,12-13H2,1-3H3,(H,19,21). The zero-order chi connectivity index (χ0) is 15.9. The van der Waals surface area contributed by atoms with E-state index < -0.39 is 0 Å². The summed E-state index contributed by atoms with van der Waals surface area (Å²) in [5.41, 5.74) is 2.64. The van der Waals surface area contributed by atoms with Gasteiger partial charge in [0.2, 0.25) is 0 Å². The largest absolute Gasteiger partial charge is 0.351 e. The minimum absolute atomic E-state index is 0.0711. The Hall–Kier alpha value is -1.55. The Morgan fingerprint density at radius 2 is 1.86 bits per heavy atom. The van der Waals surface area contributed by atoms with Crippen LogP contribution < -0.4 is 5.32 Å². The number of aryl methyl sites for hydroxylation is 3. The van der Waals surface area contributed by atoms with E-state index in [0.717, 1.165) is 43.6 Å². The molecule has 0 aromatic carbocycles. The summed E-state index contributed by atoms with van der Waals surface area (Å²) in [6, 6.07) is 8.38. The van der Waals surface area contributed by atoms with Crippen LogP contribution >= 0.6 is 11.3 Å². The van der Waals surface area contributed by atoms with Crippen LogP contribution in [0, 0.1) is 13.8 Å². The first-order valence-corrected chi connectivity index (χ1v) is 8.93. The molecule has 22 heavy (non-hydrogen) atoms. The summed E-state index contributed by atoms with van der Waals surface area (Å²) in [6.45, 7) is 8.24. The number of carbonyl (C=O) groups excluding carboxylic acids is 1. The SMILES string of the molecule is CCCCNC(=O)c1ccc(CCCn2c(C)ccc2C)s1. The Kier molecular flexibility index (Phi) is 6.25. The van der Waals surface area contributed by atoms with Gasteiger partial charge in [-0.2, -0.15) is 0 Å². The molecule has 0 saturated carbocycles. The number of rotatable bonds is 8. The fraction of sp³-hybridized carbons (Fsp3) is 0.500. The van der Waals surface area contributed by atoms with Crippen LogP contribution in [0.25, 0.3) is 0 Å². The van der Waals surface area contributed by atoms with Crippen molar-refractivity contribution in [2.75, 3.05) is 6.54 Å². The van der Waals surface area contributed by atoms with E-state index in [1.54, 1.807) is 11.3 Å². The van der Waals surface area contributed by atoms with Gasteiger partial charge in [-0.1, -0.05) is 13.3 Å². The Labute approximate surface area is 137 Å². The van der Waals surface area contributed by atoms with E-state index in [-0.39, 0.29) is 5.91 Å². The van der Waals surface area contributed by atoms with Gasteiger partial charge in [-0.25, -0.2) is 0 Å². The number of aromatic nitrogens is 1. The number of thiophene rings is 1. The second-order valence-electron chi connectivity index (χ2n) is 5.75. The van der Waals surface area contributed by atoms with Crippen LogP contribution in [0.1, 0.15) is 52.1 Å². The fourth-order valence-corrected chi connectivity index (χ4v) is 3.53. The summed E-state index contributed by atoms with van der Waals surface area (Å²) in [5, 5.41) is 2.97. The third kappa shape index (κ3) is 4.47. The maximum atomic E-state index is 12.0. The molecule has 2 heterocycles. The molecular formula is C18H26N2OS. The van der Waals surface area contributed by atoms with Crippen molar-refractivity contribution >= 4 is 17.2 Å². The highest BCUT2D eigenvalue weighted by Crippen LogP contribution is 2.19. The number of nitrogens with zero attached hydrogens (tertiary/aromatic N) is 1. The molecule has 2 rings (SSSR count). The molecule has 3 nitrogen and oxygen atoms in total. The Bertz CT molecular complexity index is 593. The van der Waals surface area contributed by atoms with Gasteiger partial charge >= 0.3 is 0 Å². The van der Waals surface area contributed by atoms with E-state index in [1.165, 1.54) is 16.3 Å². The molecule has 0 aliphatic heterocycles. The van der Waals surface area contributed by atoms with Crippen molar-refractivity contribution in [3.05, 3.63) is 45.4 Å². The molecule has 0 aliphatic carbocycles. The molecule has 0 radical (unpaired) electrons. The molecule has 1 amide bonds. The van der Waals surface area contributed by atoms with Crippen molar-refractivity contribution in [2.45, 2.75) is 53.0 Å². The second-order valence-corrected chi connectivity index (χ2v) is 6.92. The first-order valence-electron chi connectivity index (χ1n) is 8.11. The lowest BCUT2D eigenvalue weighted by Gasteiger charge is -2.08. The highest BCUT2D eigenvalue weighted by atomic mass is 32.1. The Morgan fingerprint density at radius 3 is 2.55 bits per heavy atom. The first-order chi connectivity index (χ1) is 10.6. The average Bonchev–Trinajstić information content (AvgIpc) is 3.09. The van der Waals surface area contributed by atoms with Gasteiger partial charge < -0.3 is 9.88 Å². The third-order valence-electron chi connectivity index (χ3n) is 3.92. The molecule has 4 heteroatoms. The van der Waals surface area contributed by atoms with Gasteiger partial charge in [0.05, 0.1) is 4.88 Å². The molecule has 0 bridgehead atoms. The monoisotopic (exact) mass is 318 g/mol. The van der Waals surface area contributed by atoms with E-state index in [2.05, 4.69) is 48.9 Å². The van der Waals surface area contributed by atoms with Crippen LogP contribution in [0.5, 0.6) is 0 Å². The molecule has 0 unspecified atom stereocenters. The number of amides is 1. The molecule has 1 N–H and O–H groups in total. The van der Waals surface area contributed by atoms with Crippen molar-refractivity contribution in [2.24, 2.45) is 0 Å². The number of nitrogens with one attached hydrogen (secondary N) is 1. The van der Waals surface area contributed by atoms with E-state index in [1.807, 2.05) is 6.07 Å². The van der Waals surface area contributed by atoms with Crippen molar-refractivity contribution in [3.8, 4) is 0 Å². The van der Waals surface area contributed by atoms with Gasteiger partial charge in [0.1, 0.15) is 0 Å². The summed E-state index contributed by atoms with van der Waals surface area (Å²) in [5.74, 6) is 0.0711. The van der Waals surface area contributed by atoms with Gasteiger partial charge in [-0.3, -0.25) is 4.79 Å². The predicted octanol–water partition coefficient (Wildman–Crippen LogP) is 4.33. The van der Waals surface area contributed by atoms with E-state index in [4.69, 9.17) is 0 Å². The van der Waals surface area contributed by atoms with Gasteiger partial charge in [-0.15, -0.1) is 11.3 Å². The van der Waals surface area contributed by atoms with Crippen LogP contribution in [0.2, 0.25) is 0 Å². The van der Waals surface area contributed by atoms with E-state index in [9.17, 15) is 4.79 Å². The van der Waals surface area contributed by atoms with Crippen LogP contribution in [-0.2, 0) is 13.0 Å². The summed E-state index contributed by atoms with van der Waals surface area (Å²) in [6.07, 6.45) is 4.28. The lowest BCUT2D eigenvalue weighted by molar-refractivity contribution is 0.0957.